The fraction of sp³-hybridized carbons (Fsp3) is 0.800. The number of hydrogen-bond acceptors (Lipinski definition) is 3. The highest BCUT2D eigenvalue weighted by molar-refractivity contribution is 9.18. The number of rotatable bonds is 1. The van der Waals surface area contributed by atoms with Crippen molar-refractivity contribution in [1.82, 2.24) is 0 Å². The van der Waals surface area contributed by atoms with E-state index in [9.17, 15) is 0 Å². The minimum atomic E-state index is 0.00405. The molecule has 9 heavy (non-hydrogen) atoms. The van der Waals surface area contributed by atoms with E-state index in [-0.39, 0.29) is 18.6 Å². The molecule has 0 amide bonds. The van der Waals surface area contributed by atoms with Gasteiger partial charge in [0.25, 0.3) is 0 Å². The van der Waals surface area contributed by atoms with E-state index in [1.165, 1.54) is 0 Å². The van der Waals surface area contributed by atoms with Crippen molar-refractivity contribution in [2.24, 2.45) is 11.1 Å². The second-order valence-electron chi connectivity index (χ2n) is 2.01. The van der Waals surface area contributed by atoms with Gasteiger partial charge in [0.1, 0.15) is 10.7 Å². The smallest absolute Gasteiger partial charge is 0.136 e. The van der Waals surface area contributed by atoms with Gasteiger partial charge in [0.15, 0.2) is 0 Å². The quantitative estimate of drug-likeness (QED) is 0.668. The first kappa shape index (κ1) is 7.02. The molecule has 0 aromatic rings. The average molecular weight is 194 g/mol. The van der Waals surface area contributed by atoms with Crippen molar-refractivity contribution in [3.8, 4) is 0 Å². The second kappa shape index (κ2) is 2.66. The molecule has 3 nitrogen and oxygen atoms in total. The summed E-state index contributed by atoms with van der Waals surface area (Å²) in [6.45, 7) is 1.96. The lowest BCUT2D eigenvalue weighted by molar-refractivity contribution is 0.0596. The maximum absolute atomic E-state index is 8.72. The molecule has 0 aromatic heterocycles. The highest BCUT2D eigenvalue weighted by atomic mass is 79.9. The van der Waals surface area contributed by atoms with Crippen LogP contribution < -0.4 is 0 Å². The van der Waals surface area contributed by atoms with E-state index < -0.39 is 0 Å². The normalized spacial score (nSPS) is 33.9. The van der Waals surface area contributed by atoms with Crippen LogP contribution in [0.4, 0.5) is 0 Å². The van der Waals surface area contributed by atoms with Crippen LogP contribution in [0.25, 0.3) is 0 Å². The van der Waals surface area contributed by atoms with E-state index in [4.69, 9.17) is 9.94 Å². The molecule has 0 saturated carbocycles. The zero-order valence-corrected chi connectivity index (χ0v) is 6.63. The molecule has 0 saturated heterocycles. The van der Waals surface area contributed by atoms with Crippen molar-refractivity contribution in [3.05, 3.63) is 0 Å². The molecular weight excluding hydrogens is 186 g/mol. The van der Waals surface area contributed by atoms with Crippen LogP contribution in [0, 0.1) is 5.92 Å². The monoisotopic (exact) mass is 193 g/mol. The molecule has 0 radical (unpaired) electrons. The molecule has 2 atom stereocenters. The molecule has 1 rings (SSSR count). The lowest BCUT2D eigenvalue weighted by atomic mass is 10.1. The molecule has 0 bridgehead atoms. The number of aliphatic hydroxyl groups is 1. The first-order chi connectivity index (χ1) is 4.25. The summed E-state index contributed by atoms with van der Waals surface area (Å²) in [5.41, 5.74) is 0. The fourth-order valence-corrected chi connectivity index (χ4v) is 1.29. The van der Waals surface area contributed by atoms with Crippen molar-refractivity contribution < 1.29 is 9.94 Å². The Morgan fingerprint density at radius 1 is 1.89 bits per heavy atom. The molecule has 4 heteroatoms. The van der Waals surface area contributed by atoms with Gasteiger partial charge < -0.3 is 9.94 Å². The fourth-order valence-electron chi connectivity index (χ4n) is 0.692. The second-order valence-corrected chi connectivity index (χ2v) is 2.83. The first-order valence-corrected chi connectivity index (χ1v) is 3.55. The van der Waals surface area contributed by atoms with Crippen molar-refractivity contribution in [2.75, 3.05) is 6.61 Å². The summed E-state index contributed by atoms with van der Waals surface area (Å²) < 4.78 is 0.706. The Labute approximate surface area is 61.8 Å². The molecule has 1 N–H and O–H groups in total. The van der Waals surface area contributed by atoms with Gasteiger partial charge in [-0.3, -0.25) is 0 Å². The summed E-state index contributed by atoms with van der Waals surface area (Å²) in [5.74, 6) is 0.0324. The van der Waals surface area contributed by atoms with Gasteiger partial charge >= 0.3 is 0 Å². The number of halogens is 1. The van der Waals surface area contributed by atoms with Gasteiger partial charge in [0.2, 0.25) is 0 Å². The number of hydrogen-bond donors (Lipinski definition) is 1. The van der Waals surface area contributed by atoms with Gasteiger partial charge in [-0.25, -0.2) is 0 Å². The summed E-state index contributed by atoms with van der Waals surface area (Å²) in [7, 11) is 0. The summed E-state index contributed by atoms with van der Waals surface area (Å²) >= 11 is 3.17. The van der Waals surface area contributed by atoms with Crippen molar-refractivity contribution in [2.45, 2.75) is 13.0 Å². The Morgan fingerprint density at radius 2 is 2.56 bits per heavy atom. The van der Waals surface area contributed by atoms with Crippen LogP contribution in [0.1, 0.15) is 6.92 Å². The third-order valence-corrected chi connectivity index (χ3v) is 2.11. The van der Waals surface area contributed by atoms with E-state index in [1.807, 2.05) is 6.92 Å². The summed E-state index contributed by atoms with van der Waals surface area (Å²) in [5, 5.41) is 12.4. The van der Waals surface area contributed by atoms with Crippen LogP contribution in [0.5, 0.6) is 0 Å². The Bertz CT molecular complexity index is 137. The zero-order chi connectivity index (χ0) is 6.85. The van der Waals surface area contributed by atoms with Gasteiger partial charge in [-0.05, 0) is 22.9 Å². The molecule has 2 unspecified atom stereocenters. The summed E-state index contributed by atoms with van der Waals surface area (Å²) in [6.07, 6.45) is 0.00405. The van der Waals surface area contributed by atoms with Crippen LogP contribution >= 0.6 is 15.9 Å². The Kier molecular flexibility index (Phi) is 2.08. The van der Waals surface area contributed by atoms with Crippen LogP contribution in [0.2, 0.25) is 0 Å². The molecule has 52 valence electrons. The zero-order valence-electron chi connectivity index (χ0n) is 5.04. The summed E-state index contributed by atoms with van der Waals surface area (Å²) in [6, 6.07) is 0. The highest BCUT2D eigenvalue weighted by Gasteiger charge is 2.27. The Morgan fingerprint density at radius 3 is 2.78 bits per heavy atom. The topological polar surface area (TPSA) is 41.8 Å². The molecule has 1 aliphatic rings. The van der Waals surface area contributed by atoms with E-state index in [1.54, 1.807) is 0 Å². The molecule has 0 aliphatic carbocycles. The minimum Gasteiger partial charge on any atom is -0.396 e. The molecule has 1 aliphatic heterocycles. The maximum Gasteiger partial charge on any atom is 0.136 e. The third kappa shape index (κ3) is 1.24. The van der Waals surface area contributed by atoms with Gasteiger partial charge in [0, 0.05) is 0 Å². The van der Waals surface area contributed by atoms with E-state index >= 15 is 0 Å². The number of aliphatic hydroxyl groups excluding tert-OH is 1. The van der Waals surface area contributed by atoms with Gasteiger partial charge in [-0.2, -0.15) is 0 Å². The number of nitrogens with zero attached hydrogens (tertiary/aromatic N) is 1. The Hall–Kier alpha value is -0.0900. The predicted octanol–water partition coefficient (Wildman–Crippen LogP) is 0.722. The van der Waals surface area contributed by atoms with Crippen molar-refractivity contribution in [3.63, 3.8) is 0 Å². The third-order valence-electron chi connectivity index (χ3n) is 1.38. The van der Waals surface area contributed by atoms with Crippen LogP contribution in [-0.2, 0) is 4.84 Å². The molecule has 0 fully saturated rings. The molecular formula is C5H8BrNO2. The standard InChI is InChI=1S/C5H8BrNO2/c1-3-4(2-8)5(6)7-9-3/h3-4,8H,2H2,1H3. The van der Waals surface area contributed by atoms with Gasteiger partial charge in [-0.1, -0.05) is 5.16 Å². The average Bonchev–Trinajstić information content (AvgIpc) is 2.12. The van der Waals surface area contributed by atoms with Crippen LogP contribution in [-0.4, -0.2) is 22.4 Å². The lowest BCUT2D eigenvalue weighted by Gasteiger charge is -2.07. The van der Waals surface area contributed by atoms with Crippen molar-refractivity contribution >= 4 is 20.6 Å². The summed E-state index contributed by atoms with van der Waals surface area (Å²) in [4.78, 5) is 4.85. The largest absolute Gasteiger partial charge is 0.396 e. The van der Waals surface area contributed by atoms with Gasteiger partial charge in [0.05, 0.1) is 12.5 Å². The van der Waals surface area contributed by atoms with Gasteiger partial charge in [-0.15, -0.1) is 0 Å². The van der Waals surface area contributed by atoms with E-state index in [2.05, 4.69) is 21.1 Å². The first-order valence-electron chi connectivity index (χ1n) is 2.75. The molecule has 1 heterocycles. The Balaban J connectivity index is 2.57. The molecule has 0 aromatic carbocycles. The SMILES string of the molecule is CC1ON=C(Br)C1CO. The highest BCUT2D eigenvalue weighted by Crippen LogP contribution is 2.20. The van der Waals surface area contributed by atoms with Crippen molar-refractivity contribution in [1.29, 1.82) is 0 Å². The predicted molar refractivity (Wildman–Crippen MR) is 37.5 cm³/mol. The van der Waals surface area contributed by atoms with Crippen LogP contribution in [0.3, 0.4) is 0 Å². The van der Waals surface area contributed by atoms with E-state index in [0.29, 0.717) is 4.62 Å². The molecule has 0 spiro atoms. The maximum atomic E-state index is 8.72. The van der Waals surface area contributed by atoms with Crippen LogP contribution in [0.15, 0.2) is 5.16 Å². The number of oxime groups is 1. The van der Waals surface area contributed by atoms with E-state index in [0.717, 1.165) is 0 Å². The minimum absolute atomic E-state index is 0.00405. The lowest BCUT2D eigenvalue weighted by Crippen LogP contribution is -2.20.